The highest BCUT2D eigenvalue weighted by Gasteiger charge is 2.49. The van der Waals surface area contributed by atoms with E-state index in [9.17, 15) is 9.59 Å². The van der Waals surface area contributed by atoms with Crippen molar-refractivity contribution in [2.75, 3.05) is 6.54 Å². The Labute approximate surface area is 82.7 Å². The lowest BCUT2D eigenvalue weighted by atomic mass is 10.1. The standard InChI is InChI=1S/C10H15NO3/c1-10(2-3-10)5-11-8(12)6-4-7(6)9(13)14/h6-7H,2-5H2,1H3,(H,11,12)(H,13,14). The van der Waals surface area contributed by atoms with Crippen molar-refractivity contribution >= 4 is 11.9 Å². The van der Waals surface area contributed by atoms with Crippen molar-refractivity contribution in [3.63, 3.8) is 0 Å². The van der Waals surface area contributed by atoms with E-state index in [2.05, 4.69) is 12.2 Å². The highest BCUT2D eigenvalue weighted by Crippen LogP contribution is 2.44. The molecule has 0 bridgehead atoms. The quantitative estimate of drug-likeness (QED) is 0.694. The molecule has 0 aromatic heterocycles. The van der Waals surface area contributed by atoms with Gasteiger partial charge in [0.2, 0.25) is 5.91 Å². The number of hydrogen-bond donors (Lipinski definition) is 2. The molecule has 0 aromatic carbocycles. The molecular formula is C10H15NO3. The molecule has 0 radical (unpaired) electrons. The molecule has 0 aliphatic heterocycles. The Morgan fingerprint density at radius 1 is 1.43 bits per heavy atom. The number of nitrogens with one attached hydrogen (secondary N) is 1. The minimum atomic E-state index is -0.845. The third-order valence-corrected chi connectivity index (χ3v) is 3.24. The molecule has 2 aliphatic rings. The monoisotopic (exact) mass is 197 g/mol. The van der Waals surface area contributed by atoms with Crippen LogP contribution in [0.1, 0.15) is 26.2 Å². The molecule has 2 N–H and O–H groups in total. The normalized spacial score (nSPS) is 32.1. The van der Waals surface area contributed by atoms with Gasteiger partial charge in [0.1, 0.15) is 0 Å². The van der Waals surface area contributed by atoms with Gasteiger partial charge in [0.15, 0.2) is 0 Å². The minimum absolute atomic E-state index is 0.0782. The summed E-state index contributed by atoms with van der Waals surface area (Å²) in [5.41, 5.74) is 0.295. The van der Waals surface area contributed by atoms with Crippen LogP contribution in [0.4, 0.5) is 0 Å². The number of rotatable bonds is 4. The zero-order valence-electron chi connectivity index (χ0n) is 8.25. The molecule has 2 unspecified atom stereocenters. The zero-order chi connectivity index (χ0) is 10.3. The van der Waals surface area contributed by atoms with Crippen molar-refractivity contribution in [1.29, 1.82) is 0 Å². The van der Waals surface area contributed by atoms with Crippen molar-refractivity contribution in [2.45, 2.75) is 26.2 Å². The first-order valence-corrected chi connectivity index (χ1v) is 5.02. The second-order valence-electron chi connectivity index (χ2n) is 4.82. The fourth-order valence-electron chi connectivity index (χ4n) is 1.58. The number of hydrogen-bond acceptors (Lipinski definition) is 2. The van der Waals surface area contributed by atoms with Gasteiger partial charge in [0.25, 0.3) is 0 Å². The summed E-state index contributed by atoms with van der Waals surface area (Å²) >= 11 is 0. The fraction of sp³-hybridized carbons (Fsp3) is 0.800. The van der Waals surface area contributed by atoms with E-state index in [1.807, 2.05) is 0 Å². The van der Waals surface area contributed by atoms with Gasteiger partial charge in [-0.1, -0.05) is 6.92 Å². The second-order valence-corrected chi connectivity index (χ2v) is 4.82. The van der Waals surface area contributed by atoms with E-state index >= 15 is 0 Å². The van der Waals surface area contributed by atoms with Crippen molar-refractivity contribution in [1.82, 2.24) is 5.32 Å². The highest BCUT2D eigenvalue weighted by molar-refractivity contribution is 5.89. The lowest BCUT2D eigenvalue weighted by Crippen LogP contribution is -2.31. The van der Waals surface area contributed by atoms with E-state index < -0.39 is 11.9 Å². The first-order chi connectivity index (χ1) is 6.52. The Morgan fingerprint density at radius 3 is 2.50 bits per heavy atom. The molecule has 14 heavy (non-hydrogen) atoms. The van der Waals surface area contributed by atoms with Crippen LogP contribution in [-0.4, -0.2) is 23.5 Å². The van der Waals surface area contributed by atoms with Crippen molar-refractivity contribution in [3.05, 3.63) is 0 Å². The predicted octanol–water partition coefficient (Wildman–Crippen LogP) is 0.623. The van der Waals surface area contributed by atoms with Crippen LogP contribution in [0.15, 0.2) is 0 Å². The Bertz CT molecular complexity index is 283. The maximum absolute atomic E-state index is 11.4. The fourth-order valence-corrected chi connectivity index (χ4v) is 1.58. The van der Waals surface area contributed by atoms with E-state index in [1.165, 1.54) is 12.8 Å². The molecular weight excluding hydrogens is 182 g/mol. The second kappa shape index (κ2) is 2.97. The molecule has 0 heterocycles. The van der Waals surface area contributed by atoms with E-state index in [0.29, 0.717) is 18.4 Å². The number of carboxylic acid groups (broad SMARTS) is 1. The van der Waals surface area contributed by atoms with E-state index in [0.717, 1.165) is 0 Å². The SMILES string of the molecule is CC1(CNC(=O)C2CC2C(=O)O)CC1. The molecule has 2 atom stereocenters. The van der Waals surface area contributed by atoms with Gasteiger partial charge >= 0.3 is 5.97 Å². The molecule has 1 amide bonds. The van der Waals surface area contributed by atoms with Gasteiger partial charge in [-0.2, -0.15) is 0 Å². The number of carbonyl (C=O) groups excluding carboxylic acids is 1. The summed E-state index contributed by atoms with van der Waals surface area (Å²) in [6, 6.07) is 0. The van der Waals surface area contributed by atoms with E-state index in [1.54, 1.807) is 0 Å². The van der Waals surface area contributed by atoms with Crippen LogP contribution in [0.25, 0.3) is 0 Å². The van der Waals surface area contributed by atoms with Crippen LogP contribution in [0.2, 0.25) is 0 Å². The Morgan fingerprint density at radius 2 is 2.07 bits per heavy atom. The smallest absolute Gasteiger partial charge is 0.307 e. The largest absolute Gasteiger partial charge is 0.481 e. The van der Waals surface area contributed by atoms with Crippen LogP contribution in [-0.2, 0) is 9.59 Å². The predicted molar refractivity (Wildman–Crippen MR) is 49.6 cm³/mol. The summed E-state index contributed by atoms with van der Waals surface area (Å²) in [6.45, 7) is 2.84. The summed E-state index contributed by atoms with van der Waals surface area (Å²) in [7, 11) is 0. The Balaban J connectivity index is 1.72. The first-order valence-electron chi connectivity index (χ1n) is 5.02. The van der Waals surface area contributed by atoms with Crippen molar-refractivity contribution in [2.24, 2.45) is 17.3 Å². The number of carbonyl (C=O) groups is 2. The topological polar surface area (TPSA) is 66.4 Å². The third-order valence-electron chi connectivity index (χ3n) is 3.24. The summed E-state index contributed by atoms with van der Waals surface area (Å²) in [5, 5.41) is 11.5. The molecule has 0 aromatic rings. The molecule has 2 fully saturated rings. The van der Waals surface area contributed by atoms with Gasteiger partial charge in [0, 0.05) is 6.54 Å². The minimum Gasteiger partial charge on any atom is -0.481 e. The average Bonchev–Trinajstić information content (AvgIpc) is 2.95. The lowest BCUT2D eigenvalue weighted by Gasteiger charge is -2.09. The van der Waals surface area contributed by atoms with Gasteiger partial charge in [0.05, 0.1) is 11.8 Å². The van der Waals surface area contributed by atoms with Gasteiger partial charge in [-0.05, 0) is 24.7 Å². The third kappa shape index (κ3) is 1.89. The highest BCUT2D eigenvalue weighted by atomic mass is 16.4. The summed E-state index contributed by atoms with van der Waals surface area (Å²) in [4.78, 5) is 21.9. The first kappa shape index (κ1) is 9.49. The number of aliphatic carboxylic acids is 1. The molecule has 4 heteroatoms. The molecule has 2 aliphatic carbocycles. The van der Waals surface area contributed by atoms with E-state index in [4.69, 9.17) is 5.11 Å². The summed E-state index contributed by atoms with van der Waals surface area (Å²) in [5.74, 6) is -1.62. The van der Waals surface area contributed by atoms with Crippen LogP contribution in [0.5, 0.6) is 0 Å². The maximum atomic E-state index is 11.4. The molecule has 78 valence electrons. The molecule has 2 saturated carbocycles. The van der Waals surface area contributed by atoms with Crippen LogP contribution >= 0.6 is 0 Å². The molecule has 2 rings (SSSR count). The van der Waals surface area contributed by atoms with Gasteiger partial charge < -0.3 is 10.4 Å². The molecule has 0 saturated heterocycles. The zero-order valence-corrected chi connectivity index (χ0v) is 8.25. The van der Waals surface area contributed by atoms with E-state index in [-0.39, 0.29) is 11.8 Å². The Kier molecular flexibility index (Phi) is 2.01. The summed E-state index contributed by atoms with van der Waals surface area (Å²) < 4.78 is 0. The number of amides is 1. The van der Waals surface area contributed by atoms with Crippen LogP contribution < -0.4 is 5.32 Å². The number of carboxylic acids is 1. The van der Waals surface area contributed by atoms with Crippen molar-refractivity contribution < 1.29 is 14.7 Å². The Hall–Kier alpha value is -1.06. The summed E-state index contributed by atoms with van der Waals surface area (Å²) in [6.07, 6.45) is 2.85. The van der Waals surface area contributed by atoms with Crippen molar-refractivity contribution in [3.8, 4) is 0 Å². The van der Waals surface area contributed by atoms with Gasteiger partial charge in [-0.25, -0.2) is 0 Å². The maximum Gasteiger partial charge on any atom is 0.307 e. The van der Waals surface area contributed by atoms with Gasteiger partial charge in [-0.15, -0.1) is 0 Å². The van der Waals surface area contributed by atoms with Crippen LogP contribution in [0.3, 0.4) is 0 Å². The molecule has 0 spiro atoms. The van der Waals surface area contributed by atoms with Gasteiger partial charge in [-0.3, -0.25) is 9.59 Å². The lowest BCUT2D eigenvalue weighted by molar-refractivity contribution is -0.140. The average molecular weight is 197 g/mol. The van der Waals surface area contributed by atoms with Crippen LogP contribution in [0, 0.1) is 17.3 Å². The molecule has 4 nitrogen and oxygen atoms in total.